The van der Waals surface area contributed by atoms with Gasteiger partial charge in [0.05, 0.1) is 10.6 Å². The first-order valence-electron chi connectivity index (χ1n) is 6.25. The van der Waals surface area contributed by atoms with Crippen LogP contribution in [-0.2, 0) is 0 Å². The lowest BCUT2D eigenvalue weighted by atomic mass is 9.83. The fourth-order valence-electron chi connectivity index (χ4n) is 3.48. The number of benzene rings is 1. The van der Waals surface area contributed by atoms with Crippen molar-refractivity contribution in [1.82, 2.24) is 0 Å². The zero-order chi connectivity index (χ0) is 12.9. The van der Waals surface area contributed by atoms with Crippen molar-refractivity contribution in [2.75, 3.05) is 0 Å². The van der Waals surface area contributed by atoms with Gasteiger partial charge in [-0.2, -0.15) is 0 Å². The van der Waals surface area contributed by atoms with Crippen LogP contribution in [0.25, 0.3) is 0 Å². The summed E-state index contributed by atoms with van der Waals surface area (Å²) >= 11 is 9.00. The molecule has 3 atom stereocenters. The van der Waals surface area contributed by atoms with Crippen molar-refractivity contribution in [3.05, 3.63) is 33.0 Å². The van der Waals surface area contributed by atoms with Crippen LogP contribution >= 0.6 is 27.5 Å². The highest BCUT2D eigenvalue weighted by Gasteiger charge is 2.43. The van der Waals surface area contributed by atoms with Gasteiger partial charge in [0.1, 0.15) is 0 Å². The maximum atomic E-state index is 14.0. The van der Waals surface area contributed by atoms with E-state index in [1.807, 2.05) is 0 Å². The van der Waals surface area contributed by atoms with Crippen LogP contribution in [0.2, 0.25) is 5.02 Å². The summed E-state index contributed by atoms with van der Waals surface area (Å²) in [4.78, 5) is 12.4. The highest BCUT2D eigenvalue weighted by Crippen LogP contribution is 2.49. The van der Waals surface area contributed by atoms with Crippen molar-refractivity contribution in [3.8, 4) is 0 Å². The second kappa shape index (κ2) is 4.61. The Morgan fingerprint density at radius 1 is 1.33 bits per heavy atom. The summed E-state index contributed by atoms with van der Waals surface area (Å²) in [6.45, 7) is 0. The molecule has 1 aromatic carbocycles. The first kappa shape index (κ1) is 12.6. The Hall–Kier alpha value is -0.410. The molecule has 0 spiro atoms. The molecule has 0 aliphatic heterocycles. The normalized spacial score (nSPS) is 29.8. The van der Waals surface area contributed by atoms with Crippen LogP contribution in [0.3, 0.4) is 0 Å². The van der Waals surface area contributed by atoms with Gasteiger partial charge in [0, 0.05) is 10.4 Å². The molecule has 2 fully saturated rings. The number of hydrogen-bond donors (Lipinski definition) is 0. The molecule has 2 aliphatic carbocycles. The molecule has 3 unspecified atom stereocenters. The zero-order valence-electron chi connectivity index (χ0n) is 9.76. The summed E-state index contributed by atoms with van der Waals surface area (Å²) in [5.74, 6) is 0.505. The van der Waals surface area contributed by atoms with Gasteiger partial charge in [-0.1, -0.05) is 18.0 Å². The minimum absolute atomic E-state index is 0.00371. The average molecular weight is 332 g/mol. The third kappa shape index (κ3) is 1.92. The van der Waals surface area contributed by atoms with Crippen LogP contribution in [0.1, 0.15) is 36.0 Å². The van der Waals surface area contributed by atoms with E-state index in [9.17, 15) is 9.18 Å². The van der Waals surface area contributed by atoms with Crippen LogP contribution in [0, 0.1) is 23.6 Å². The van der Waals surface area contributed by atoms with Crippen LogP contribution in [-0.4, -0.2) is 5.78 Å². The number of halogens is 3. The molecule has 1 nitrogen and oxygen atoms in total. The molecule has 0 aromatic heterocycles. The Kier molecular flexibility index (Phi) is 3.23. The van der Waals surface area contributed by atoms with Crippen molar-refractivity contribution in [3.63, 3.8) is 0 Å². The van der Waals surface area contributed by atoms with Gasteiger partial charge in [-0.15, -0.1) is 0 Å². The summed E-state index contributed by atoms with van der Waals surface area (Å²) in [5.41, 5.74) is 0.153. The number of Topliss-reactive ketones (excluding diaryl/α,β-unsaturated/α-hetero) is 1. The second-order valence-electron chi connectivity index (χ2n) is 5.37. The quantitative estimate of drug-likeness (QED) is 0.558. The van der Waals surface area contributed by atoms with Gasteiger partial charge < -0.3 is 0 Å². The molecule has 0 saturated heterocycles. The largest absolute Gasteiger partial charge is 0.294 e. The summed E-state index contributed by atoms with van der Waals surface area (Å²) in [7, 11) is 0. The van der Waals surface area contributed by atoms with Gasteiger partial charge in [-0.25, -0.2) is 4.39 Å². The minimum Gasteiger partial charge on any atom is -0.294 e. The highest BCUT2D eigenvalue weighted by molar-refractivity contribution is 9.10. The molecule has 1 aromatic rings. The van der Waals surface area contributed by atoms with Crippen molar-refractivity contribution in [1.29, 1.82) is 0 Å². The highest BCUT2D eigenvalue weighted by atomic mass is 79.9. The average Bonchev–Trinajstić information content (AvgIpc) is 2.97. The fraction of sp³-hybridized carbons (Fsp3) is 0.500. The number of fused-ring (bicyclic) bond motifs is 2. The lowest BCUT2D eigenvalue weighted by Gasteiger charge is -2.20. The number of carbonyl (C=O) groups excluding carboxylic acids is 1. The molecule has 2 saturated carbocycles. The van der Waals surface area contributed by atoms with E-state index in [1.54, 1.807) is 12.1 Å². The Balaban J connectivity index is 1.91. The van der Waals surface area contributed by atoms with Gasteiger partial charge in [0.2, 0.25) is 0 Å². The molecule has 0 amide bonds. The van der Waals surface area contributed by atoms with Crippen molar-refractivity contribution >= 4 is 33.3 Å². The Morgan fingerprint density at radius 3 is 2.72 bits per heavy atom. The number of rotatable bonds is 2. The smallest absolute Gasteiger partial charge is 0.169 e. The van der Waals surface area contributed by atoms with Crippen LogP contribution < -0.4 is 0 Å². The molecule has 0 heterocycles. The molecule has 2 bridgehead atoms. The van der Waals surface area contributed by atoms with E-state index in [1.165, 1.54) is 6.42 Å². The fourth-order valence-corrected chi connectivity index (χ4v) is 3.95. The standard InChI is InChI=1S/C14H13BrClFO/c15-11-4-3-9(13(17)12(11)16)14(18)10-6-7-1-2-8(10)5-7/h3-4,7-8,10H,1-2,5-6H2. The zero-order valence-corrected chi connectivity index (χ0v) is 12.1. The molecule has 0 radical (unpaired) electrons. The molecular formula is C14H13BrClFO. The first-order valence-corrected chi connectivity index (χ1v) is 7.42. The van der Waals surface area contributed by atoms with E-state index in [2.05, 4.69) is 15.9 Å². The van der Waals surface area contributed by atoms with Crippen molar-refractivity contribution < 1.29 is 9.18 Å². The molecule has 2 aliphatic rings. The Morgan fingerprint density at radius 2 is 2.11 bits per heavy atom. The summed E-state index contributed by atoms with van der Waals surface area (Å²) in [5, 5.41) is 0.00371. The maximum absolute atomic E-state index is 14.0. The third-order valence-corrected chi connectivity index (χ3v) is 5.63. The van der Waals surface area contributed by atoms with Crippen LogP contribution in [0.15, 0.2) is 16.6 Å². The SMILES string of the molecule is O=C(c1ccc(Br)c(Cl)c1F)C1CC2CCC1C2. The van der Waals surface area contributed by atoms with Gasteiger partial charge in [-0.3, -0.25) is 4.79 Å². The monoisotopic (exact) mass is 330 g/mol. The van der Waals surface area contributed by atoms with E-state index in [-0.39, 0.29) is 22.3 Å². The predicted octanol–water partition coefficient (Wildman–Crippen LogP) is 4.86. The first-order chi connectivity index (χ1) is 8.58. The van der Waals surface area contributed by atoms with E-state index in [0.29, 0.717) is 16.3 Å². The van der Waals surface area contributed by atoms with Gasteiger partial charge in [0.15, 0.2) is 11.6 Å². The lowest BCUT2D eigenvalue weighted by molar-refractivity contribution is 0.0870. The molecule has 4 heteroatoms. The number of hydrogen-bond acceptors (Lipinski definition) is 1. The minimum atomic E-state index is -0.584. The summed E-state index contributed by atoms with van der Waals surface area (Å²) < 4.78 is 14.5. The topological polar surface area (TPSA) is 17.1 Å². The molecular weight excluding hydrogens is 319 g/mol. The van der Waals surface area contributed by atoms with E-state index in [0.717, 1.165) is 19.3 Å². The van der Waals surface area contributed by atoms with Crippen LogP contribution in [0.4, 0.5) is 4.39 Å². The Bertz CT molecular complexity index is 517. The predicted molar refractivity (Wildman–Crippen MR) is 72.4 cm³/mol. The van der Waals surface area contributed by atoms with Crippen molar-refractivity contribution in [2.24, 2.45) is 17.8 Å². The third-order valence-electron chi connectivity index (χ3n) is 4.38. The van der Waals surface area contributed by atoms with Gasteiger partial charge in [-0.05, 0) is 59.2 Å². The number of carbonyl (C=O) groups is 1. The summed E-state index contributed by atoms with van der Waals surface area (Å²) in [6, 6.07) is 3.19. The lowest BCUT2D eigenvalue weighted by Crippen LogP contribution is -2.22. The maximum Gasteiger partial charge on any atom is 0.169 e. The number of ketones is 1. The second-order valence-corrected chi connectivity index (χ2v) is 6.60. The van der Waals surface area contributed by atoms with E-state index >= 15 is 0 Å². The molecule has 3 rings (SSSR count). The van der Waals surface area contributed by atoms with Gasteiger partial charge in [0.25, 0.3) is 0 Å². The van der Waals surface area contributed by atoms with E-state index < -0.39 is 5.82 Å². The molecule has 96 valence electrons. The molecule has 0 N–H and O–H groups in total. The van der Waals surface area contributed by atoms with Gasteiger partial charge >= 0.3 is 0 Å². The van der Waals surface area contributed by atoms with E-state index in [4.69, 9.17) is 11.6 Å². The Labute approximate surface area is 119 Å². The van der Waals surface area contributed by atoms with Crippen molar-refractivity contribution in [2.45, 2.75) is 25.7 Å². The molecule has 18 heavy (non-hydrogen) atoms. The summed E-state index contributed by atoms with van der Waals surface area (Å²) in [6.07, 6.45) is 4.42. The van der Waals surface area contributed by atoms with Crippen LogP contribution in [0.5, 0.6) is 0 Å².